The summed E-state index contributed by atoms with van der Waals surface area (Å²) >= 11 is 15.1. The fraction of sp³-hybridized carbons (Fsp3) is 0.231. The fourth-order valence-electron chi connectivity index (χ4n) is 1.67. The number of halogens is 3. The molecule has 0 aliphatic heterocycles. The van der Waals surface area contributed by atoms with Crippen LogP contribution in [0.4, 0.5) is 0 Å². The van der Waals surface area contributed by atoms with Crippen molar-refractivity contribution in [1.29, 1.82) is 0 Å². The number of hydrogen-bond donors (Lipinski definition) is 0. The van der Waals surface area contributed by atoms with Crippen molar-refractivity contribution in [3.63, 3.8) is 0 Å². The number of aryl methyl sites for hydroxylation is 1. The van der Waals surface area contributed by atoms with E-state index < -0.39 is 0 Å². The highest BCUT2D eigenvalue weighted by Gasteiger charge is 2.20. The molecule has 0 saturated carbocycles. The third kappa shape index (κ3) is 2.77. The Morgan fingerprint density at radius 2 is 2.11 bits per heavy atom. The number of ether oxygens (including phenoxy) is 1. The number of rotatable bonds is 3. The van der Waals surface area contributed by atoms with E-state index in [0.29, 0.717) is 0 Å². The summed E-state index contributed by atoms with van der Waals surface area (Å²) in [5.74, 6) is 0.863. The number of methoxy groups -OCH3 is 1. The van der Waals surface area contributed by atoms with E-state index in [1.54, 1.807) is 18.4 Å². The van der Waals surface area contributed by atoms with Gasteiger partial charge in [0.1, 0.15) is 5.75 Å². The third-order valence-corrected chi connectivity index (χ3v) is 6.19. The lowest BCUT2D eigenvalue weighted by Gasteiger charge is -2.15. The summed E-state index contributed by atoms with van der Waals surface area (Å²) in [5, 5.41) is 2.77. The fourth-order valence-corrected chi connectivity index (χ4v) is 4.25. The van der Waals surface area contributed by atoms with Crippen molar-refractivity contribution in [2.75, 3.05) is 7.11 Å². The van der Waals surface area contributed by atoms with Gasteiger partial charge >= 0.3 is 0 Å². The van der Waals surface area contributed by atoms with E-state index in [2.05, 4.69) is 37.9 Å². The number of thiophene rings is 1. The average molecular weight is 411 g/mol. The van der Waals surface area contributed by atoms with Crippen LogP contribution in [0.2, 0.25) is 5.02 Å². The van der Waals surface area contributed by atoms with Crippen LogP contribution in [0.3, 0.4) is 0 Å². The van der Waals surface area contributed by atoms with Gasteiger partial charge in [-0.25, -0.2) is 0 Å². The van der Waals surface area contributed by atoms with Crippen LogP contribution in [0.1, 0.15) is 20.8 Å². The second-order valence-corrected chi connectivity index (χ2v) is 6.96. The van der Waals surface area contributed by atoms with Gasteiger partial charge in [-0.2, -0.15) is 0 Å². The van der Waals surface area contributed by atoms with Crippen LogP contribution in [0.25, 0.3) is 0 Å². The molecule has 0 aliphatic rings. The summed E-state index contributed by atoms with van der Waals surface area (Å²) in [6.07, 6.45) is 0. The van der Waals surface area contributed by atoms with Crippen molar-refractivity contribution in [3.8, 4) is 5.75 Å². The van der Waals surface area contributed by atoms with Gasteiger partial charge in [-0.15, -0.1) is 11.3 Å². The van der Waals surface area contributed by atoms with Crippen LogP contribution in [-0.2, 0) is 0 Å². The Morgan fingerprint density at radius 3 is 2.67 bits per heavy atom. The maximum absolute atomic E-state index is 6.18. The van der Waals surface area contributed by atoms with Crippen molar-refractivity contribution in [3.05, 3.63) is 49.1 Å². The van der Waals surface area contributed by atoms with Crippen LogP contribution < -0.4 is 4.74 Å². The highest BCUT2D eigenvalue weighted by molar-refractivity contribution is 9.10. The molecule has 0 radical (unpaired) electrons. The van der Waals surface area contributed by atoms with Gasteiger partial charge in [0.2, 0.25) is 0 Å². The molecule has 1 heterocycles. The van der Waals surface area contributed by atoms with E-state index >= 15 is 0 Å². The average Bonchev–Trinajstić information content (AvgIpc) is 2.77. The molecule has 0 N–H and O–H groups in total. The van der Waals surface area contributed by atoms with E-state index in [0.717, 1.165) is 31.2 Å². The van der Waals surface area contributed by atoms with Crippen LogP contribution in [0.5, 0.6) is 5.75 Å². The van der Waals surface area contributed by atoms with Gasteiger partial charge < -0.3 is 4.74 Å². The van der Waals surface area contributed by atoms with E-state index in [1.807, 2.05) is 24.4 Å². The summed E-state index contributed by atoms with van der Waals surface area (Å²) in [7, 11) is 1.68. The molecule has 1 unspecified atom stereocenters. The van der Waals surface area contributed by atoms with Crippen molar-refractivity contribution in [1.82, 2.24) is 0 Å². The van der Waals surface area contributed by atoms with E-state index in [9.17, 15) is 0 Å². The molecule has 0 saturated heterocycles. The van der Waals surface area contributed by atoms with Gasteiger partial charge in [0.25, 0.3) is 0 Å². The molecule has 18 heavy (non-hydrogen) atoms. The topological polar surface area (TPSA) is 9.23 Å². The first-order valence-corrected chi connectivity index (χ1v) is 8.22. The predicted octanol–water partition coefficient (Wildman–Crippen LogP) is 5.97. The van der Waals surface area contributed by atoms with Gasteiger partial charge in [0.05, 0.1) is 17.0 Å². The second-order valence-electron chi connectivity index (χ2n) is 3.84. The summed E-state index contributed by atoms with van der Waals surface area (Å²) in [6.45, 7) is 2.04. The second kappa shape index (κ2) is 5.95. The molecule has 0 fully saturated rings. The zero-order valence-corrected chi connectivity index (χ0v) is 14.6. The molecule has 0 aliphatic carbocycles. The monoisotopic (exact) mass is 408 g/mol. The highest BCUT2D eigenvalue weighted by Crippen LogP contribution is 2.43. The Bertz CT molecular complexity index is 568. The van der Waals surface area contributed by atoms with Crippen molar-refractivity contribution in [2.45, 2.75) is 11.8 Å². The number of alkyl halides is 1. The summed E-state index contributed by atoms with van der Waals surface area (Å²) < 4.78 is 6.52. The zero-order chi connectivity index (χ0) is 13.3. The minimum absolute atomic E-state index is 0.0387. The molecule has 2 rings (SSSR count). The third-order valence-electron chi connectivity index (χ3n) is 2.66. The van der Waals surface area contributed by atoms with E-state index in [-0.39, 0.29) is 4.83 Å². The zero-order valence-electron chi connectivity index (χ0n) is 9.84. The molecule has 1 atom stereocenters. The van der Waals surface area contributed by atoms with Crippen LogP contribution >= 0.6 is 54.8 Å². The van der Waals surface area contributed by atoms with E-state index in [4.69, 9.17) is 16.3 Å². The Kier molecular flexibility index (Phi) is 4.75. The number of benzene rings is 1. The SMILES string of the molecule is COc1cc(C)c(Br)cc1C(Br)c1sccc1Cl. The minimum atomic E-state index is 0.0387. The molecular formula is C13H11Br2ClOS. The number of hydrogen-bond acceptors (Lipinski definition) is 2. The standard InChI is InChI=1S/C13H11Br2ClOS/c1-7-5-11(17-2)8(6-9(7)14)12(15)13-10(16)3-4-18-13/h3-6,12H,1-2H3. The molecule has 1 aromatic heterocycles. The summed E-state index contributed by atoms with van der Waals surface area (Å²) in [5.41, 5.74) is 2.21. The Hall–Kier alpha value is -0.0300. The largest absolute Gasteiger partial charge is 0.496 e. The van der Waals surface area contributed by atoms with Crippen molar-refractivity contribution < 1.29 is 4.74 Å². The van der Waals surface area contributed by atoms with Gasteiger partial charge in [-0.05, 0) is 36.1 Å². The molecule has 2 aromatic rings. The quantitative estimate of drug-likeness (QED) is 0.567. The van der Waals surface area contributed by atoms with Crippen molar-refractivity contribution in [2.24, 2.45) is 0 Å². The van der Waals surface area contributed by atoms with Crippen LogP contribution in [-0.4, -0.2) is 7.11 Å². The summed E-state index contributed by atoms with van der Waals surface area (Å²) in [6, 6.07) is 6.00. The lowest BCUT2D eigenvalue weighted by molar-refractivity contribution is 0.410. The van der Waals surface area contributed by atoms with Crippen molar-refractivity contribution >= 4 is 54.8 Å². The Balaban J connectivity index is 2.50. The lowest BCUT2D eigenvalue weighted by Crippen LogP contribution is -1.97. The molecule has 1 nitrogen and oxygen atoms in total. The lowest BCUT2D eigenvalue weighted by atomic mass is 10.1. The molecule has 0 bridgehead atoms. The molecule has 0 spiro atoms. The van der Waals surface area contributed by atoms with Gasteiger partial charge in [0.15, 0.2) is 0 Å². The van der Waals surface area contributed by atoms with Crippen LogP contribution in [0, 0.1) is 6.92 Å². The minimum Gasteiger partial charge on any atom is -0.496 e. The molecule has 1 aromatic carbocycles. The van der Waals surface area contributed by atoms with Gasteiger partial charge in [-0.1, -0.05) is 43.5 Å². The maximum atomic E-state index is 6.18. The normalized spacial score (nSPS) is 12.5. The Morgan fingerprint density at radius 1 is 1.39 bits per heavy atom. The maximum Gasteiger partial charge on any atom is 0.123 e. The van der Waals surface area contributed by atoms with Crippen LogP contribution in [0.15, 0.2) is 28.1 Å². The first-order valence-electron chi connectivity index (χ1n) is 5.25. The predicted molar refractivity (Wildman–Crippen MR) is 85.5 cm³/mol. The molecule has 5 heteroatoms. The smallest absolute Gasteiger partial charge is 0.123 e. The highest BCUT2D eigenvalue weighted by atomic mass is 79.9. The summed E-state index contributed by atoms with van der Waals surface area (Å²) in [4.78, 5) is 1.13. The molecular weight excluding hydrogens is 399 g/mol. The molecule has 0 amide bonds. The van der Waals surface area contributed by atoms with E-state index in [1.165, 1.54) is 0 Å². The Labute approximate surface area is 132 Å². The first kappa shape index (κ1) is 14.4. The van der Waals surface area contributed by atoms with Gasteiger partial charge in [-0.3, -0.25) is 0 Å². The molecule has 96 valence electrons. The first-order chi connectivity index (χ1) is 8.54. The van der Waals surface area contributed by atoms with Gasteiger partial charge in [0, 0.05) is 14.9 Å².